The first kappa shape index (κ1) is 12.5. The van der Waals surface area contributed by atoms with Gasteiger partial charge in [0.1, 0.15) is 5.76 Å². The van der Waals surface area contributed by atoms with E-state index in [9.17, 15) is 5.11 Å². The van der Waals surface area contributed by atoms with Crippen molar-refractivity contribution in [2.45, 2.75) is 51.4 Å². The summed E-state index contributed by atoms with van der Waals surface area (Å²) in [5.74, 6) is 0.352. The van der Waals surface area contributed by atoms with Crippen LogP contribution in [0.25, 0.3) is 0 Å². The topological polar surface area (TPSA) is 29.5 Å². The fraction of sp³-hybridized carbons (Fsp3) is 0.667. The third-order valence-corrected chi connectivity index (χ3v) is 7.80. The maximum Gasteiger partial charge on any atom is 0.192 e. The first-order valence-corrected chi connectivity index (χ1v) is 8.38. The number of aliphatic hydroxyl groups excluding tert-OH is 1. The lowest BCUT2D eigenvalue weighted by atomic mass is 10.1. The standard InChI is InChI=1S/C12H22O2Si/c1-12(2,3)15(4,5)14-11-8-6-10(13)7-9-11/h6-8,11,13H,9H2,1-5H3/t11-/m0/s1. The molecule has 1 aliphatic rings. The van der Waals surface area contributed by atoms with E-state index in [-0.39, 0.29) is 11.1 Å². The van der Waals surface area contributed by atoms with Crippen LogP contribution in [0.15, 0.2) is 24.0 Å². The van der Waals surface area contributed by atoms with Gasteiger partial charge in [-0.1, -0.05) is 26.8 Å². The van der Waals surface area contributed by atoms with Crippen molar-refractivity contribution in [3.8, 4) is 0 Å². The Morgan fingerprint density at radius 1 is 1.40 bits per heavy atom. The molecule has 0 radical (unpaired) electrons. The van der Waals surface area contributed by atoms with Crippen LogP contribution in [0.1, 0.15) is 27.2 Å². The fourth-order valence-corrected chi connectivity index (χ4v) is 2.52. The zero-order valence-electron chi connectivity index (χ0n) is 10.4. The highest BCUT2D eigenvalue weighted by atomic mass is 28.4. The highest BCUT2D eigenvalue weighted by molar-refractivity contribution is 6.74. The molecular formula is C12H22O2Si. The minimum atomic E-state index is -1.68. The van der Waals surface area contributed by atoms with Crippen molar-refractivity contribution in [1.82, 2.24) is 0 Å². The summed E-state index contributed by atoms with van der Waals surface area (Å²) in [5, 5.41) is 9.46. The molecule has 3 heteroatoms. The molecule has 0 aromatic heterocycles. The Labute approximate surface area is 93.8 Å². The largest absolute Gasteiger partial charge is 0.508 e. The van der Waals surface area contributed by atoms with Gasteiger partial charge in [-0.15, -0.1) is 0 Å². The number of hydrogen-bond donors (Lipinski definition) is 1. The summed E-state index contributed by atoms with van der Waals surface area (Å²) in [4.78, 5) is 0. The monoisotopic (exact) mass is 226 g/mol. The molecule has 1 aliphatic carbocycles. The van der Waals surface area contributed by atoms with Crippen LogP contribution >= 0.6 is 0 Å². The number of allylic oxidation sites excluding steroid dienone is 1. The predicted octanol–water partition coefficient (Wildman–Crippen LogP) is 3.78. The fourth-order valence-electron chi connectivity index (χ4n) is 1.23. The highest BCUT2D eigenvalue weighted by Gasteiger charge is 2.38. The van der Waals surface area contributed by atoms with Crippen LogP contribution in [0.2, 0.25) is 18.1 Å². The lowest BCUT2D eigenvalue weighted by Gasteiger charge is -2.38. The number of aliphatic hydroxyl groups is 1. The summed E-state index contributed by atoms with van der Waals surface area (Å²) < 4.78 is 6.19. The van der Waals surface area contributed by atoms with E-state index >= 15 is 0 Å². The van der Waals surface area contributed by atoms with Crippen LogP contribution in [0, 0.1) is 0 Å². The van der Waals surface area contributed by atoms with Gasteiger partial charge in [0, 0.05) is 0 Å². The average Bonchev–Trinajstić information content (AvgIpc) is 2.06. The van der Waals surface area contributed by atoms with E-state index in [1.807, 2.05) is 12.2 Å². The third kappa shape index (κ3) is 3.21. The van der Waals surface area contributed by atoms with Gasteiger partial charge in [0.25, 0.3) is 0 Å². The molecule has 0 aliphatic heterocycles. The molecule has 0 saturated carbocycles. The second kappa shape index (κ2) is 4.14. The molecule has 15 heavy (non-hydrogen) atoms. The summed E-state index contributed by atoms with van der Waals surface area (Å²) in [5.41, 5.74) is 0. The zero-order chi connectivity index (χ0) is 11.7. The molecule has 0 bridgehead atoms. The van der Waals surface area contributed by atoms with Gasteiger partial charge < -0.3 is 9.53 Å². The maximum absolute atomic E-state index is 9.22. The number of hydrogen-bond acceptors (Lipinski definition) is 2. The smallest absolute Gasteiger partial charge is 0.192 e. The van der Waals surface area contributed by atoms with Crippen LogP contribution in [-0.4, -0.2) is 19.5 Å². The van der Waals surface area contributed by atoms with Gasteiger partial charge in [0.2, 0.25) is 0 Å². The number of rotatable bonds is 2. The van der Waals surface area contributed by atoms with E-state index in [2.05, 4.69) is 33.9 Å². The summed E-state index contributed by atoms with van der Waals surface area (Å²) in [6.45, 7) is 11.2. The van der Waals surface area contributed by atoms with Crippen molar-refractivity contribution in [2.75, 3.05) is 0 Å². The molecule has 86 valence electrons. The SMILES string of the molecule is CC(C)(C)[Si](C)(C)O[C@H]1C=CC(O)=CC1. The van der Waals surface area contributed by atoms with Gasteiger partial charge in [-0.2, -0.15) is 0 Å². The first-order chi connectivity index (χ1) is 6.72. The van der Waals surface area contributed by atoms with Crippen LogP contribution < -0.4 is 0 Å². The Hall–Kier alpha value is -0.543. The minimum Gasteiger partial charge on any atom is -0.508 e. The average molecular weight is 226 g/mol. The summed E-state index contributed by atoms with van der Waals surface area (Å²) in [6.07, 6.45) is 6.42. The lowest BCUT2D eigenvalue weighted by molar-refractivity contribution is 0.223. The van der Waals surface area contributed by atoms with E-state index in [4.69, 9.17) is 4.43 Å². The van der Waals surface area contributed by atoms with Crippen molar-refractivity contribution in [2.24, 2.45) is 0 Å². The predicted molar refractivity (Wildman–Crippen MR) is 66.5 cm³/mol. The third-order valence-electron chi connectivity index (χ3n) is 3.29. The van der Waals surface area contributed by atoms with E-state index in [0.29, 0.717) is 5.76 Å². The summed E-state index contributed by atoms with van der Waals surface area (Å²) in [7, 11) is -1.68. The van der Waals surface area contributed by atoms with Gasteiger partial charge in [0.15, 0.2) is 8.32 Å². The van der Waals surface area contributed by atoms with Crippen LogP contribution in [0.3, 0.4) is 0 Å². The second-order valence-corrected chi connectivity index (χ2v) is 10.4. The van der Waals surface area contributed by atoms with Gasteiger partial charge in [-0.25, -0.2) is 0 Å². The van der Waals surface area contributed by atoms with Gasteiger partial charge in [-0.05, 0) is 36.7 Å². The van der Waals surface area contributed by atoms with Crippen LogP contribution in [0.5, 0.6) is 0 Å². The molecule has 0 saturated heterocycles. The van der Waals surface area contributed by atoms with Gasteiger partial charge in [0.05, 0.1) is 6.10 Å². The van der Waals surface area contributed by atoms with Gasteiger partial charge >= 0.3 is 0 Å². The second-order valence-electron chi connectivity index (χ2n) is 5.64. The summed E-state index contributed by atoms with van der Waals surface area (Å²) in [6, 6.07) is 0. The van der Waals surface area contributed by atoms with E-state index in [1.165, 1.54) is 0 Å². The van der Waals surface area contributed by atoms with Crippen molar-refractivity contribution < 1.29 is 9.53 Å². The molecular weight excluding hydrogens is 204 g/mol. The van der Waals surface area contributed by atoms with E-state index in [0.717, 1.165) is 6.42 Å². The maximum atomic E-state index is 9.22. The molecule has 2 nitrogen and oxygen atoms in total. The quantitative estimate of drug-likeness (QED) is 0.726. The normalized spacial score (nSPS) is 22.7. The van der Waals surface area contributed by atoms with E-state index in [1.54, 1.807) is 6.08 Å². The molecule has 0 unspecified atom stereocenters. The zero-order valence-corrected chi connectivity index (χ0v) is 11.4. The van der Waals surface area contributed by atoms with Crippen LogP contribution in [-0.2, 0) is 4.43 Å². The van der Waals surface area contributed by atoms with Crippen molar-refractivity contribution in [3.05, 3.63) is 24.0 Å². The summed E-state index contributed by atoms with van der Waals surface area (Å²) >= 11 is 0. The van der Waals surface area contributed by atoms with Crippen molar-refractivity contribution in [3.63, 3.8) is 0 Å². The lowest BCUT2D eigenvalue weighted by Crippen LogP contribution is -2.43. The Morgan fingerprint density at radius 2 is 2.00 bits per heavy atom. The molecule has 0 heterocycles. The molecule has 0 fully saturated rings. The van der Waals surface area contributed by atoms with Gasteiger partial charge in [-0.3, -0.25) is 0 Å². The first-order valence-electron chi connectivity index (χ1n) is 5.47. The van der Waals surface area contributed by atoms with E-state index < -0.39 is 8.32 Å². The molecule has 1 N–H and O–H groups in total. The molecule has 0 aromatic rings. The van der Waals surface area contributed by atoms with Crippen molar-refractivity contribution in [1.29, 1.82) is 0 Å². The Bertz CT molecular complexity index is 284. The molecule has 0 amide bonds. The van der Waals surface area contributed by atoms with Crippen molar-refractivity contribution >= 4 is 8.32 Å². The molecule has 1 rings (SSSR count). The Morgan fingerprint density at radius 3 is 2.40 bits per heavy atom. The molecule has 0 aromatic carbocycles. The minimum absolute atomic E-state index is 0.141. The molecule has 0 spiro atoms. The molecule has 1 atom stereocenters. The van der Waals surface area contributed by atoms with Crippen LogP contribution in [0.4, 0.5) is 0 Å². The highest BCUT2D eigenvalue weighted by Crippen LogP contribution is 2.38. The Balaban J connectivity index is 2.61. The Kier molecular flexibility index (Phi) is 3.46.